The smallest absolute Gasteiger partial charge is 0.310 e. The van der Waals surface area contributed by atoms with Gasteiger partial charge in [0.25, 0.3) is 0 Å². The van der Waals surface area contributed by atoms with Gasteiger partial charge < -0.3 is 20.3 Å². The predicted molar refractivity (Wildman–Crippen MR) is 84.9 cm³/mol. The van der Waals surface area contributed by atoms with E-state index < -0.39 is 35.9 Å². The summed E-state index contributed by atoms with van der Waals surface area (Å²) in [7, 11) is 0. The molecule has 1 amide bonds. The zero-order valence-corrected chi connectivity index (χ0v) is 14.2. The lowest BCUT2D eigenvalue weighted by atomic mass is 9.82. The van der Waals surface area contributed by atoms with Gasteiger partial charge in [-0.2, -0.15) is 0 Å². The summed E-state index contributed by atoms with van der Waals surface area (Å²) in [4.78, 5) is 24.0. The highest BCUT2D eigenvalue weighted by Gasteiger charge is 2.58. The number of carbonyl (C=O) groups excluding carboxylic acids is 1. The molecular weight excluding hydrogens is 422 g/mol. The number of ether oxygens (including phenoxy) is 1. The Bertz CT molecular complexity index is 690. The van der Waals surface area contributed by atoms with Gasteiger partial charge in [-0.25, -0.2) is 0 Å². The minimum atomic E-state index is -1.08. The summed E-state index contributed by atoms with van der Waals surface area (Å²) in [5, 5.41) is 21.5. The maximum absolute atomic E-state index is 12.5. The summed E-state index contributed by atoms with van der Waals surface area (Å²) in [5.41, 5.74) is 0.399. The van der Waals surface area contributed by atoms with Crippen LogP contribution in [0.3, 0.4) is 0 Å². The number of phenolic OH excluding ortho intramolecular Hbond substituents is 1. The van der Waals surface area contributed by atoms with Crippen LogP contribution in [-0.2, 0) is 14.3 Å². The Kier molecular flexibility index (Phi) is 4.00. The van der Waals surface area contributed by atoms with Crippen molar-refractivity contribution in [3.05, 3.63) is 33.2 Å². The minimum absolute atomic E-state index is 0.0144. The number of hydrogen-bond acceptors (Lipinski definition) is 4. The number of halogens is 2. The number of carbonyl (C=O) groups is 2. The van der Waals surface area contributed by atoms with Gasteiger partial charge in [0, 0.05) is 20.7 Å². The van der Waals surface area contributed by atoms with Gasteiger partial charge in [0.15, 0.2) is 0 Å². The largest absolute Gasteiger partial charge is 0.508 e. The summed E-state index contributed by atoms with van der Waals surface area (Å²) in [6.45, 7) is 0. The Labute approximate surface area is 142 Å². The molecule has 0 spiro atoms. The number of anilines is 1. The molecule has 8 heteroatoms. The fourth-order valence-electron chi connectivity index (χ4n) is 2.80. The van der Waals surface area contributed by atoms with Gasteiger partial charge in [0.1, 0.15) is 23.9 Å². The Morgan fingerprint density at radius 2 is 1.77 bits per heavy atom. The number of carboxylic acid groups (broad SMARTS) is 1. The molecule has 1 fully saturated rings. The highest BCUT2D eigenvalue weighted by atomic mass is 79.9. The molecule has 0 saturated carbocycles. The molecule has 116 valence electrons. The van der Waals surface area contributed by atoms with Crippen LogP contribution in [-0.4, -0.2) is 34.3 Å². The molecule has 2 aliphatic rings. The Morgan fingerprint density at radius 1 is 1.14 bits per heavy atom. The molecule has 4 atom stereocenters. The first-order chi connectivity index (χ1) is 10.4. The second kappa shape index (κ2) is 5.68. The van der Waals surface area contributed by atoms with E-state index in [1.165, 1.54) is 12.1 Å². The predicted octanol–water partition coefficient (Wildman–Crippen LogP) is 2.43. The van der Waals surface area contributed by atoms with Crippen LogP contribution in [0.1, 0.15) is 0 Å². The second-order valence-electron chi connectivity index (χ2n) is 5.10. The van der Waals surface area contributed by atoms with Crippen molar-refractivity contribution < 1.29 is 24.5 Å². The van der Waals surface area contributed by atoms with E-state index in [-0.39, 0.29) is 5.75 Å². The van der Waals surface area contributed by atoms with Crippen molar-refractivity contribution in [1.29, 1.82) is 0 Å². The number of benzene rings is 1. The lowest BCUT2D eigenvalue weighted by Gasteiger charge is -2.24. The first kappa shape index (κ1) is 15.5. The van der Waals surface area contributed by atoms with Crippen LogP contribution in [0.2, 0.25) is 0 Å². The van der Waals surface area contributed by atoms with Crippen LogP contribution < -0.4 is 5.32 Å². The summed E-state index contributed by atoms with van der Waals surface area (Å²) in [5.74, 6) is -3.33. The number of amides is 1. The normalized spacial score (nSPS) is 29.7. The lowest BCUT2D eigenvalue weighted by Crippen LogP contribution is -2.40. The van der Waals surface area contributed by atoms with E-state index in [2.05, 4.69) is 37.2 Å². The van der Waals surface area contributed by atoms with Gasteiger partial charge in [-0.3, -0.25) is 9.59 Å². The third-order valence-corrected chi connectivity index (χ3v) is 6.05. The molecule has 2 aliphatic heterocycles. The van der Waals surface area contributed by atoms with E-state index in [0.29, 0.717) is 14.7 Å². The van der Waals surface area contributed by atoms with Gasteiger partial charge >= 0.3 is 5.97 Å². The fourth-order valence-corrected chi connectivity index (χ4v) is 4.04. The Morgan fingerprint density at radius 3 is 2.36 bits per heavy atom. The molecule has 22 heavy (non-hydrogen) atoms. The molecule has 0 aromatic heterocycles. The molecule has 2 heterocycles. The maximum Gasteiger partial charge on any atom is 0.310 e. The standard InChI is InChI=1S/C14H11Br2NO5/c15-9-10(16)12-8(14(20)21)7(11(9)22-12)13(19)17-5-2-1-3-6(18)4-5/h1-4,7-8,11-12,18H,(H,17,19)(H,20,21)/t7-,8+,11-,12-/m1/s1. The molecule has 3 rings (SSSR count). The van der Waals surface area contributed by atoms with Crippen molar-refractivity contribution in [2.24, 2.45) is 11.8 Å². The van der Waals surface area contributed by atoms with E-state index in [1.807, 2.05) is 0 Å². The molecule has 2 bridgehead atoms. The number of aromatic hydroxyl groups is 1. The van der Waals surface area contributed by atoms with Gasteiger partial charge in [0.05, 0.1) is 5.92 Å². The van der Waals surface area contributed by atoms with E-state index in [4.69, 9.17) is 4.74 Å². The van der Waals surface area contributed by atoms with Crippen molar-refractivity contribution in [2.75, 3.05) is 5.32 Å². The van der Waals surface area contributed by atoms with Gasteiger partial charge in [-0.1, -0.05) is 37.9 Å². The first-order valence-corrected chi connectivity index (χ1v) is 8.02. The number of hydrogen-bond donors (Lipinski definition) is 3. The van der Waals surface area contributed by atoms with Crippen LogP contribution in [0.5, 0.6) is 5.75 Å². The Balaban J connectivity index is 1.87. The van der Waals surface area contributed by atoms with Gasteiger partial charge in [-0.15, -0.1) is 0 Å². The SMILES string of the molecule is O=C(Nc1cccc(O)c1)[C@@H]1[C@H](C(=O)O)[C@H]2O[C@H]1C(Br)=C2Br. The molecular formula is C14H11Br2NO5. The fraction of sp³-hybridized carbons (Fsp3) is 0.286. The van der Waals surface area contributed by atoms with E-state index >= 15 is 0 Å². The zero-order chi connectivity index (χ0) is 16.0. The highest BCUT2D eigenvalue weighted by Crippen LogP contribution is 2.51. The van der Waals surface area contributed by atoms with Crippen LogP contribution >= 0.6 is 31.9 Å². The topological polar surface area (TPSA) is 95.9 Å². The highest BCUT2D eigenvalue weighted by molar-refractivity contribution is 9.14. The minimum Gasteiger partial charge on any atom is -0.508 e. The average molecular weight is 433 g/mol. The van der Waals surface area contributed by atoms with Crippen LogP contribution in [0.15, 0.2) is 33.2 Å². The van der Waals surface area contributed by atoms with E-state index in [0.717, 1.165) is 0 Å². The van der Waals surface area contributed by atoms with Gasteiger partial charge in [0.2, 0.25) is 5.91 Å². The van der Waals surface area contributed by atoms with Crippen LogP contribution in [0, 0.1) is 11.8 Å². The molecule has 1 saturated heterocycles. The van der Waals surface area contributed by atoms with Crippen molar-refractivity contribution in [1.82, 2.24) is 0 Å². The maximum atomic E-state index is 12.5. The Hall–Kier alpha value is -1.38. The van der Waals surface area contributed by atoms with Crippen molar-refractivity contribution in [2.45, 2.75) is 12.2 Å². The van der Waals surface area contributed by atoms with Crippen molar-refractivity contribution >= 4 is 49.4 Å². The number of phenols is 1. The first-order valence-electron chi connectivity index (χ1n) is 6.43. The number of carboxylic acids is 1. The lowest BCUT2D eigenvalue weighted by molar-refractivity contribution is -0.146. The third kappa shape index (κ3) is 2.45. The number of aliphatic carboxylic acids is 1. The molecule has 1 aromatic carbocycles. The van der Waals surface area contributed by atoms with E-state index in [9.17, 15) is 19.8 Å². The average Bonchev–Trinajstić information content (AvgIpc) is 2.97. The second-order valence-corrected chi connectivity index (χ2v) is 6.81. The van der Waals surface area contributed by atoms with Crippen LogP contribution in [0.4, 0.5) is 5.69 Å². The van der Waals surface area contributed by atoms with Crippen LogP contribution in [0.25, 0.3) is 0 Å². The van der Waals surface area contributed by atoms with Crippen molar-refractivity contribution in [3.8, 4) is 5.75 Å². The summed E-state index contributed by atoms with van der Waals surface area (Å²) < 4.78 is 6.90. The zero-order valence-electron chi connectivity index (χ0n) is 11.0. The monoisotopic (exact) mass is 431 g/mol. The number of fused-ring (bicyclic) bond motifs is 2. The van der Waals surface area contributed by atoms with E-state index in [1.54, 1.807) is 12.1 Å². The summed E-state index contributed by atoms with van der Waals surface area (Å²) in [6.07, 6.45) is -1.30. The quantitative estimate of drug-likeness (QED) is 0.681. The molecule has 0 aliphatic carbocycles. The number of nitrogens with one attached hydrogen (secondary N) is 1. The molecule has 0 unspecified atom stereocenters. The van der Waals surface area contributed by atoms with Crippen molar-refractivity contribution in [3.63, 3.8) is 0 Å². The third-order valence-electron chi connectivity index (χ3n) is 3.76. The molecule has 1 aromatic rings. The van der Waals surface area contributed by atoms with Gasteiger partial charge in [-0.05, 0) is 12.1 Å². The summed E-state index contributed by atoms with van der Waals surface area (Å²) >= 11 is 6.64. The molecule has 6 nitrogen and oxygen atoms in total. The summed E-state index contributed by atoms with van der Waals surface area (Å²) in [6, 6.07) is 6.07. The molecule has 0 radical (unpaired) electrons. The molecule has 3 N–H and O–H groups in total. The number of rotatable bonds is 3.